The van der Waals surface area contributed by atoms with E-state index in [9.17, 15) is 0 Å². The van der Waals surface area contributed by atoms with E-state index in [0.717, 1.165) is 24.0 Å². The highest BCUT2D eigenvalue weighted by Crippen LogP contribution is 2.28. The summed E-state index contributed by atoms with van der Waals surface area (Å²) in [4.78, 5) is 0. The Balaban J connectivity index is 2.28. The molecule has 2 rings (SSSR count). The molecule has 25 heavy (non-hydrogen) atoms. The Morgan fingerprint density at radius 2 is 1.16 bits per heavy atom. The first-order valence-corrected chi connectivity index (χ1v) is 8.99. The van der Waals surface area contributed by atoms with E-state index in [1.165, 1.54) is 16.2 Å². The molecule has 0 fully saturated rings. The van der Waals surface area contributed by atoms with E-state index in [1.54, 1.807) is 0 Å². The summed E-state index contributed by atoms with van der Waals surface area (Å²) >= 11 is 0. The molecule has 134 valence electrons. The number of nitrogens with two attached hydrogens (primary N) is 1. The van der Waals surface area contributed by atoms with Crippen LogP contribution in [0.1, 0.15) is 56.0 Å². The van der Waals surface area contributed by atoms with Gasteiger partial charge in [-0.1, -0.05) is 81.4 Å². The average molecular weight is 338 g/mol. The lowest BCUT2D eigenvalue weighted by atomic mass is 9.94. The molecule has 0 radical (unpaired) electrons. The zero-order valence-electron chi connectivity index (χ0n) is 15.7. The minimum absolute atomic E-state index is 0.251. The van der Waals surface area contributed by atoms with Gasteiger partial charge in [0, 0.05) is 0 Å². The van der Waals surface area contributed by atoms with Gasteiger partial charge in [0.25, 0.3) is 0 Å². The van der Waals surface area contributed by atoms with Gasteiger partial charge in [-0.15, -0.1) is 0 Å². The van der Waals surface area contributed by atoms with Gasteiger partial charge in [0.05, 0.1) is 0 Å². The van der Waals surface area contributed by atoms with Gasteiger partial charge in [-0.25, -0.2) is 11.0 Å². The second-order valence-corrected chi connectivity index (χ2v) is 7.56. The molecule has 0 amide bonds. The molecule has 0 aliphatic carbocycles. The van der Waals surface area contributed by atoms with Crippen LogP contribution < -0.4 is 5.84 Å². The number of nitrogens with zero attached hydrogens (tertiary/aromatic N) is 2. The first-order valence-electron chi connectivity index (χ1n) is 8.99. The van der Waals surface area contributed by atoms with Crippen LogP contribution in [-0.2, 0) is 12.8 Å². The summed E-state index contributed by atoms with van der Waals surface area (Å²) in [5.41, 5.74) is 12.1. The van der Waals surface area contributed by atoms with Crippen molar-refractivity contribution in [2.24, 2.45) is 22.9 Å². The summed E-state index contributed by atoms with van der Waals surface area (Å²) in [5, 5.41) is 4.66. The third kappa shape index (κ3) is 5.40. The van der Waals surface area contributed by atoms with Gasteiger partial charge in [-0.3, -0.25) is 0 Å². The van der Waals surface area contributed by atoms with Crippen molar-refractivity contribution in [3.8, 4) is 0 Å². The topological polar surface area (TPSA) is 65.5 Å². The molecule has 2 aromatic rings. The molecule has 0 aliphatic heterocycles. The maximum absolute atomic E-state index is 7.33. The Hall–Kier alpha value is -2.20. The SMILES string of the molecule is CC(C)Cc1ccc(C(c2ccc(CC(C)C)cc2)N(N)N=N)cc1. The van der Waals surface area contributed by atoms with Crippen LogP contribution in [0.15, 0.2) is 53.8 Å². The Labute approximate surface area is 151 Å². The van der Waals surface area contributed by atoms with Gasteiger partial charge in [-0.2, -0.15) is 5.53 Å². The van der Waals surface area contributed by atoms with Gasteiger partial charge < -0.3 is 0 Å². The molecular formula is C21H30N4. The van der Waals surface area contributed by atoms with Crippen LogP contribution in [0.25, 0.3) is 0 Å². The fraction of sp³-hybridized carbons (Fsp3) is 0.429. The summed E-state index contributed by atoms with van der Waals surface area (Å²) in [6.07, 6.45) is 2.12. The lowest BCUT2D eigenvalue weighted by molar-refractivity contribution is 0.218. The van der Waals surface area contributed by atoms with Crippen LogP contribution in [0.2, 0.25) is 0 Å². The minimum atomic E-state index is -0.251. The molecule has 0 unspecified atom stereocenters. The maximum atomic E-state index is 7.33. The van der Waals surface area contributed by atoms with Crippen molar-refractivity contribution in [3.63, 3.8) is 0 Å². The first kappa shape index (κ1) is 19.1. The smallest absolute Gasteiger partial charge is 0.116 e. The quantitative estimate of drug-likeness (QED) is 0.390. The Morgan fingerprint density at radius 1 is 0.800 bits per heavy atom. The zero-order chi connectivity index (χ0) is 18.4. The molecule has 0 bridgehead atoms. The lowest BCUT2D eigenvalue weighted by Crippen LogP contribution is -2.30. The fourth-order valence-electron chi connectivity index (χ4n) is 3.17. The van der Waals surface area contributed by atoms with E-state index in [-0.39, 0.29) is 6.04 Å². The van der Waals surface area contributed by atoms with E-state index >= 15 is 0 Å². The van der Waals surface area contributed by atoms with E-state index in [2.05, 4.69) is 81.4 Å². The summed E-state index contributed by atoms with van der Waals surface area (Å²) in [5.74, 6) is 7.26. The van der Waals surface area contributed by atoms with E-state index in [0.29, 0.717) is 11.8 Å². The Kier molecular flexibility index (Phi) is 6.71. The molecule has 0 atom stereocenters. The average Bonchev–Trinajstić information content (AvgIpc) is 2.57. The van der Waals surface area contributed by atoms with E-state index < -0.39 is 0 Å². The molecule has 0 saturated heterocycles. The van der Waals surface area contributed by atoms with Crippen LogP contribution in [-0.4, -0.2) is 5.12 Å². The maximum Gasteiger partial charge on any atom is 0.116 e. The number of hydrogen-bond acceptors (Lipinski definition) is 3. The molecule has 2 aromatic carbocycles. The standard InChI is InChI=1S/C21H30N4/c1-15(2)13-17-5-9-19(10-6-17)21(25(23)24-22)20-11-7-18(8-12-20)14-16(3)4/h5-12,15-16,21-22H,13-14,23H2,1-4H3. The molecule has 4 nitrogen and oxygen atoms in total. The molecule has 0 aliphatic rings. The van der Waals surface area contributed by atoms with Crippen molar-refractivity contribution in [1.29, 1.82) is 5.53 Å². The highest BCUT2D eigenvalue weighted by molar-refractivity contribution is 5.35. The molecule has 3 N–H and O–H groups in total. The van der Waals surface area contributed by atoms with Crippen molar-refractivity contribution in [3.05, 3.63) is 70.8 Å². The minimum Gasteiger partial charge on any atom is -0.229 e. The van der Waals surface area contributed by atoms with Gasteiger partial charge in [0.15, 0.2) is 0 Å². The summed E-state index contributed by atoms with van der Waals surface area (Å²) in [6, 6.07) is 16.7. The number of hydrazine groups is 1. The van der Waals surface area contributed by atoms with Crippen molar-refractivity contribution in [1.82, 2.24) is 5.12 Å². The van der Waals surface area contributed by atoms with Crippen molar-refractivity contribution >= 4 is 0 Å². The number of hydrogen-bond donors (Lipinski definition) is 2. The molecule has 0 aromatic heterocycles. The third-order valence-corrected chi connectivity index (χ3v) is 4.26. The predicted molar refractivity (Wildman–Crippen MR) is 103 cm³/mol. The predicted octanol–water partition coefficient (Wildman–Crippen LogP) is 5.29. The normalized spacial score (nSPS) is 11.4. The van der Waals surface area contributed by atoms with Crippen molar-refractivity contribution in [2.45, 2.75) is 46.6 Å². The van der Waals surface area contributed by atoms with Gasteiger partial charge in [-0.05, 0) is 46.9 Å². The molecule has 4 heteroatoms. The highest BCUT2D eigenvalue weighted by Gasteiger charge is 2.19. The van der Waals surface area contributed by atoms with Gasteiger partial charge in [0.2, 0.25) is 0 Å². The number of nitrogens with one attached hydrogen (secondary N) is 1. The molecular weight excluding hydrogens is 308 g/mol. The van der Waals surface area contributed by atoms with Crippen LogP contribution >= 0.6 is 0 Å². The van der Waals surface area contributed by atoms with Crippen molar-refractivity contribution in [2.75, 3.05) is 0 Å². The van der Waals surface area contributed by atoms with Crippen LogP contribution in [0.3, 0.4) is 0 Å². The molecule has 0 saturated carbocycles. The van der Waals surface area contributed by atoms with Crippen LogP contribution in [0, 0.1) is 17.4 Å². The van der Waals surface area contributed by atoms with Gasteiger partial charge >= 0.3 is 0 Å². The zero-order valence-corrected chi connectivity index (χ0v) is 15.7. The second-order valence-electron chi connectivity index (χ2n) is 7.56. The summed E-state index contributed by atoms with van der Waals surface area (Å²) in [7, 11) is 0. The largest absolute Gasteiger partial charge is 0.229 e. The van der Waals surface area contributed by atoms with Crippen LogP contribution in [0.5, 0.6) is 0 Å². The second kappa shape index (κ2) is 8.77. The first-order chi connectivity index (χ1) is 11.9. The number of rotatable bonds is 8. The van der Waals surface area contributed by atoms with E-state index in [1.807, 2.05) is 0 Å². The third-order valence-electron chi connectivity index (χ3n) is 4.26. The molecule has 0 spiro atoms. The van der Waals surface area contributed by atoms with Gasteiger partial charge in [0.1, 0.15) is 6.04 Å². The van der Waals surface area contributed by atoms with E-state index in [4.69, 9.17) is 11.4 Å². The van der Waals surface area contributed by atoms with Crippen LogP contribution in [0.4, 0.5) is 0 Å². The lowest BCUT2D eigenvalue weighted by Gasteiger charge is -2.25. The monoisotopic (exact) mass is 338 g/mol. The summed E-state index contributed by atoms with van der Waals surface area (Å²) in [6.45, 7) is 8.87. The molecule has 0 heterocycles. The highest BCUT2D eigenvalue weighted by atomic mass is 15.7. The van der Waals surface area contributed by atoms with Crippen molar-refractivity contribution < 1.29 is 0 Å². The summed E-state index contributed by atoms with van der Waals surface area (Å²) < 4.78 is 0. The number of benzene rings is 2. The Morgan fingerprint density at radius 3 is 1.44 bits per heavy atom. The fourth-order valence-corrected chi connectivity index (χ4v) is 3.17. The Bertz CT molecular complexity index is 606.